The Balaban J connectivity index is 0.000000487. The van der Waals surface area contributed by atoms with E-state index >= 15 is 0 Å². The van der Waals surface area contributed by atoms with Crippen LogP contribution in [0, 0.1) is 5.82 Å². The lowest BCUT2D eigenvalue weighted by Crippen LogP contribution is -2.16. The van der Waals surface area contributed by atoms with Crippen molar-refractivity contribution in [2.24, 2.45) is 0 Å². The maximum absolute atomic E-state index is 12.8. The molecule has 7 heteroatoms. The number of aliphatic carboxylic acids is 2. The molecule has 26 heavy (non-hydrogen) atoms. The first kappa shape index (κ1) is 21.1. The summed E-state index contributed by atoms with van der Waals surface area (Å²) in [6.45, 7) is 4.37. The molecule has 0 heterocycles. The summed E-state index contributed by atoms with van der Waals surface area (Å²) in [4.78, 5) is 18.2. The average molecular weight is 363 g/mol. The zero-order valence-electron chi connectivity index (χ0n) is 14.4. The van der Waals surface area contributed by atoms with E-state index in [1.165, 1.54) is 17.7 Å². The van der Waals surface area contributed by atoms with Gasteiger partial charge in [-0.2, -0.15) is 0 Å². The Labute approximate surface area is 151 Å². The van der Waals surface area contributed by atoms with E-state index in [-0.39, 0.29) is 5.82 Å². The van der Waals surface area contributed by atoms with Crippen molar-refractivity contribution < 1.29 is 28.9 Å². The van der Waals surface area contributed by atoms with E-state index < -0.39 is 11.9 Å². The molecule has 0 aliphatic rings. The third-order valence-electron chi connectivity index (χ3n) is 3.25. The number of nitrogens with one attached hydrogen (secondary N) is 1. The Hall–Kier alpha value is -2.93. The van der Waals surface area contributed by atoms with Crippen molar-refractivity contribution in [3.8, 4) is 5.75 Å². The smallest absolute Gasteiger partial charge is 0.414 e. The van der Waals surface area contributed by atoms with Crippen LogP contribution in [0.5, 0.6) is 5.75 Å². The van der Waals surface area contributed by atoms with Gasteiger partial charge in [-0.3, -0.25) is 0 Å². The predicted molar refractivity (Wildman–Crippen MR) is 94.7 cm³/mol. The molecule has 0 saturated heterocycles. The van der Waals surface area contributed by atoms with Crippen LogP contribution >= 0.6 is 0 Å². The minimum Gasteiger partial charge on any atom is -0.494 e. The molecule has 0 amide bonds. The number of halogens is 1. The van der Waals surface area contributed by atoms with Crippen LogP contribution in [0.1, 0.15) is 18.1 Å². The second-order valence-corrected chi connectivity index (χ2v) is 5.24. The molecular weight excluding hydrogens is 341 g/mol. The Kier molecular flexibility index (Phi) is 9.42. The van der Waals surface area contributed by atoms with Gasteiger partial charge in [0.1, 0.15) is 11.6 Å². The van der Waals surface area contributed by atoms with E-state index in [9.17, 15) is 4.39 Å². The first-order valence-corrected chi connectivity index (χ1v) is 8.05. The van der Waals surface area contributed by atoms with Crippen LogP contribution in [0.2, 0.25) is 0 Å². The lowest BCUT2D eigenvalue weighted by molar-refractivity contribution is -0.159. The molecule has 2 aromatic carbocycles. The van der Waals surface area contributed by atoms with Crippen molar-refractivity contribution in [2.45, 2.75) is 19.9 Å². The Morgan fingerprint density at radius 1 is 0.962 bits per heavy atom. The summed E-state index contributed by atoms with van der Waals surface area (Å²) in [7, 11) is 0. The minimum atomic E-state index is -1.82. The molecule has 0 saturated carbocycles. The number of hydrogen-bond donors (Lipinski definition) is 3. The molecule has 3 N–H and O–H groups in total. The molecule has 140 valence electrons. The fourth-order valence-electron chi connectivity index (χ4n) is 1.99. The Morgan fingerprint density at radius 3 is 2.00 bits per heavy atom. The zero-order valence-corrected chi connectivity index (χ0v) is 14.4. The van der Waals surface area contributed by atoms with Gasteiger partial charge in [0, 0.05) is 6.54 Å². The van der Waals surface area contributed by atoms with Gasteiger partial charge in [-0.15, -0.1) is 0 Å². The van der Waals surface area contributed by atoms with Gasteiger partial charge >= 0.3 is 11.9 Å². The molecule has 0 spiro atoms. The van der Waals surface area contributed by atoms with Crippen molar-refractivity contribution in [1.82, 2.24) is 5.32 Å². The first-order valence-electron chi connectivity index (χ1n) is 8.05. The van der Waals surface area contributed by atoms with Crippen LogP contribution in [0.25, 0.3) is 0 Å². The zero-order chi connectivity index (χ0) is 19.4. The van der Waals surface area contributed by atoms with E-state index in [2.05, 4.69) is 17.4 Å². The van der Waals surface area contributed by atoms with Crippen LogP contribution in [0.3, 0.4) is 0 Å². The predicted octanol–water partition coefficient (Wildman–Crippen LogP) is 2.71. The molecule has 0 aliphatic heterocycles. The van der Waals surface area contributed by atoms with Gasteiger partial charge in [-0.05, 0) is 55.3 Å². The van der Waals surface area contributed by atoms with Crippen LogP contribution in [-0.4, -0.2) is 35.3 Å². The SMILES string of the molecule is CCOc1ccc(CNCCc2ccc(F)cc2)cc1.O=C(O)C(=O)O. The summed E-state index contributed by atoms with van der Waals surface area (Å²) < 4.78 is 18.2. The molecule has 0 aromatic heterocycles. The summed E-state index contributed by atoms with van der Waals surface area (Å²) >= 11 is 0. The van der Waals surface area contributed by atoms with Crippen molar-refractivity contribution in [3.63, 3.8) is 0 Å². The minimum absolute atomic E-state index is 0.184. The van der Waals surface area contributed by atoms with Crippen molar-refractivity contribution in [2.75, 3.05) is 13.2 Å². The van der Waals surface area contributed by atoms with E-state index in [1.54, 1.807) is 0 Å². The van der Waals surface area contributed by atoms with Gasteiger partial charge in [-0.25, -0.2) is 14.0 Å². The lowest BCUT2D eigenvalue weighted by Gasteiger charge is -2.07. The second kappa shape index (κ2) is 11.6. The molecule has 0 fully saturated rings. The van der Waals surface area contributed by atoms with E-state index in [4.69, 9.17) is 24.5 Å². The molecule has 0 unspecified atom stereocenters. The molecule has 0 atom stereocenters. The second-order valence-electron chi connectivity index (χ2n) is 5.24. The maximum atomic E-state index is 12.8. The highest BCUT2D eigenvalue weighted by molar-refractivity contribution is 6.27. The topological polar surface area (TPSA) is 95.9 Å². The third kappa shape index (κ3) is 8.79. The van der Waals surface area contributed by atoms with Crippen LogP contribution in [-0.2, 0) is 22.6 Å². The monoisotopic (exact) mass is 363 g/mol. The molecular formula is C19H22FNO5. The van der Waals surface area contributed by atoms with Gasteiger partial charge in [0.15, 0.2) is 0 Å². The highest BCUT2D eigenvalue weighted by Crippen LogP contribution is 2.11. The molecule has 0 aliphatic carbocycles. The number of benzene rings is 2. The number of rotatable bonds is 7. The summed E-state index contributed by atoms with van der Waals surface area (Å²) in [6.07, 6.45) is 0.900. The fourth-order valence-corrected chi connectivity index (χ4v) is 1.99. The van der Waals surface area contributed by atoms with Gasteiger partial charge < -0.3 is 20.3 Å². The van der Waals surface area contributed by atoms with Crippen molar-refractivity contribution in [3.05, 3.63) is 65.5 Å². The molecule has 6 nitrogen and oxygen atoms in total. The van der Waals surface area contributed by atoms with Crippen LogP contribution < -0.4 is 10.1 Å². The summed E-state index contributed by atoms with van der Waals surface area (Å²) in [5.74, 6) is -2.93. The maximum Gasteiger partial charge on any atom is 0.414 e. The highest BCUT2D eigenvalue weighted by Gasteiger charge is 2.04. The normalized spacial score (nSPS) is 9.77. The number of hydrogen-bond acceptors (Lipinski definition) is 4. The summed E-state index contributed by atoms with van der Waals surface area (Å²) in [6, 6.07) is 14.8. The summed E-state index contributed by atoms with van der Waals surface area (Å²) in [5.41, 5.74) is 2.37. The largest absolute Gasteiger partial charge is 0.494 e. The number of ether oxygens (including phenoxy) is 1. The Bertz CT molecular complexity index is 674. The standard InChI is InChI=1S/C17H20FNO.C2H2O4/c1-2-20-17-9-5-15(6-10-17)13-19-12-11-14-3-7-16(18)8-4-14;3-1(4)2(5)6/h3-10,19H,2,11-13H2,1H3;(H,3,4)(H,5,6). The van der Waals surface area contributed by atoms with E-state index in [0.29, 0.717) is 6.61 Å². The highest BCUT2D eigenvalue weighted by atomic mass is 19.1. The molecule has 2 rings (SSSR count). The van der Waals surface area contributed by atoms with Gasteiger partial charge in [0.05, 0.1) is 6.61 Å². The van der Waals surface area contributed by atoms with Gasteiger partial charge in [0.2, 0.25) is 0 Å². The number of carbonyl (C=O) groups is 2. The van der Waals surface area contributed by atoms with Crippen molar-refractivity contribution in [1.29, 1.82) is 0 Å². The third-order valence-corrected chi connectivity index (χ3v) is 3.25. The number of carboxylic acids is 2. The lowest BCUT2D eigenvalue weighted by atomic mass is 10.1. The van der Waals surface area contributed by atoms with Gasteiger partial charge in [-0.1, -0.05) is 24.3 Å². The van der Waals surface area contributed by atoms with E-state index in [0.717, 1.165) is 30.8 Å². The summed E-state index contributed by atoms with van der Waals surface area (Å²) in [5, 5.41) is 18.2. The Morgan fingerprint density at radius 2 is 1.50 bits per heavy atom. The van der Waals surface area contributed by atoms with Crippen LogP contribution in [0.4, 0.5) is 4.39 Å². The average Bonchev–Trinajstić information content (AvgIpc) is 2.62. The van der Waals surface area contributed by atoms with Gasteiger partial charge in [0.25, 0.3) is 0 Å². The van der Waals surface area contributed by atoms with Crippen LogP contribution in [0.15, 0.2) is 48.5 Å². The van der Waals surface area contributed by atoms with E-state index in [1.807, 2.05) is 31.2 Å². The first-order chi connectivity index (χ1) is 12.4. The fraction of sp³-hybridized carbons (Fsp3) is 0.263. The number of carboxylic acid groups (broad SMARTS) is 2. The molecule has 0 radical (unpaired) electrons. The quantitative estimate of drug-likeness (QED) is 0.517. The molecule has 0 bridgehead atoms. The van der Waals surface area contributed by atoms with Crippen molar-refractivity contribution >= 4 is 11.9 Å². The molecule has 2 aromatic rings.